The molecule has 6 nitrogen and oxygen atoms in total. The smallest absolute Gasteiger partial charge is 0.231 e. The Balaban J connectivity index is 1.49. The van der Waals surface area contributed by atoms with Crippen molar-refractivity contribution < 1.29 is 9.47 Å². The van der Waals surface area contributed by atoms with Crippen LogP contribution in [0, 0.1) is 0 Å². The van der Waals surface area contributed by atoms with Crippen molar-refractivity contribution in [3.8, 4) is 11.5 Å². The van der Waals surface area contributed by atoms with E-state index in [0.717, 1.165) is 43.5 Å². The molecule has 0 spiro atoms. The minimum Gasteiger partial charge on any atom is -0.454 e. The standard InChI is InChI=1S/C21H28N4O2/c1-22-21(24-13-17-6-4-5-7-18(17)14-25(2)3)23-11-10-16-8-9-19-20(12-16)27-15-26-19/h4-9,12H,10-11,13-15H2,1-3H3,(H2,22,23,24). The summed E-state index contributed by atoms with van der Waals surface area (Å²) >= 11 is 0. The molecule has 0 aliphatic carbocycles. The van der Waals surface area contributed by atoms with Crippen molar-refractivity contribution in [3.05, 3.63) is 59.2 Å². The Kier molecular flexibility index (Phi) is 6.54. The Morgan fingerprint density at radius 3 is 2.59 bits per heavy atom. The molecule has 1 aliphatic heterocycles. The predicted octanol–water partition coefficient (Wildman–Crippen LogP) is 2.38. The van der Waals surface area contributed by atoms with Crippen LogP contribution >= 0.6 is 0 Å². The minimum absolute atomic E-state index is 0.308. The molecule has 2 N–H and O–H groups in total. The average Bonchev–Trinajstić information content (AvgIpc) is 3.13. The monoisotopic (exact) mass is 368 g/mol. The van der Waals surface area contributed by atoms with Crippen molar-refractivity contribution in [2.45, 2.75) is 19.5 Å². The SMILES string of the molecule is CN=C(NCCc1ccc2c(c1)OCO2)NCc1ccccc1CN(C)C. The molecule has 0 amide bonds. The fraction of sp³-hybridized carbons (Fsp3) is 0.381. The lowest BCUT2D eigenvalue weighted by molar-refractivity contribution is 0.174. The third-order valence-corrected chi connectivity index (χ3v) is 4.42. The summed E-state index contributed by atoms with van der Waals surface area (Å²) in [5.41, 5.74) is 3.81. The molecule has 27 heavy (non-hydrogen) atoms. The summed E-state index contributed by atoms with van der Waals surface area (Å²) in [5.74, 6) is 2.45. The molecule has 0 unspecified atom stereocenters. The first-order valence-corrected chi connectivity index (χ1v) is 9.20. The highest BCUT2D eigenvalue weighted by molar-refractivity contribution is 5.79. The summed E-state index contributed by atoms with van der Waals surface area (Å²) in [6.07, 6.45) is 0.883. The number of nitrogens with one attached hydrogen (secondary N) is 2. The zero-order valence-electron chi connectivity index (χ0n) is 16.3. The van der Waals surface area contributed by atoms with Crippen molar-refractivity contribution >= 4 is 5.96 Å². The molecule has 2 aromatic carbocycles. The third kappa shape index (κ3) is 5.37. The van der Waals surface area contributed by atoms with Crippen molar-refractivity contribution in [2.24, 2.45) is 4.99 Å². The molecule has 0 aromatic heterocycles. The van der Waals surface area contributed by atoms with Gasteiger partial charge >= 0.3 is 0 Å². The van der Waals surface area contributed by atoms with E-state index in [0.29, 0.717) is 6.79 Å². The number of benzene rings is 2. The zero-order chi connectivity index (χ0) is 19.1. The number of fused-ring (bicyclic) bond motifs is 1. The van der Waals surface area contributed by atoms with Gasteiger partial charge in [-0.3, -0.25) is 4.99 Å². The van der Waals surface area contributed by atoms with Crippen LogP contribution in [0.15, 0.2) is 47.5 Å². The van der Waals surface area contributed by atoms with E-state index in [9.17, 15) is 0 Å². The van der Waals surface area contributed by atoms with E-state index >= 15 is 0 Å². The van der Waals surface area contributed by atoms with Crippen molar-refractivity contribution in [1.82, 2.24) is 15.5 Å². The number of hydrogen-bond acceptors (Lipinski definition) is 4. The van der Waals surface area contributed by atoms with Crippen molar-refractivity contribution in [1.29, 1.82) is 0 Å². The number of hydrogen-bond donors (Lipinski definition) is 2. The number of guanidine groups is 1. The number of ether oxygens (including phenoxy) is 2. The van der Waals surface area contributed by atoms with Crippen LogP contribution < -0.4 is 20.1 Å². The normalized spacial score (nSPS) is 13.1. The predicted molar refractivity (Wildman–Crippen MR) is 108 cm³/mol. The average molecular weight is 368 g/mol. The first-order chi connectivity index (χ1) is 13.2. The highest BCUT2D eigenvalue weighted by Gasteiger charge is 2.13. The molecule has 0 fully saturated rings. The summed E-state index contributed by atoms with van der Waals surface area (Å²) in [4.78, 5) is 6.50. The summed E-state index contributed by atoms with van der Waals surface area (Å²) in [6.45, 7) is 2.77. The maximum Gasteiger partial charge on any atom is 0.231 e. The van der Waals surface area contributed by atoms with E-state index < -0.39 is 0 Å². The van der Waals surface area contributed by atoms with Crippen molar-refractivity contribution in [2.75, 3.05) is 34.5 Å². The van der Waals surface area contributed by atoms with Crippen LogP contribution in [-0.2, 0) is 19.5 Å². The third-order valence-electron chi connectivity index (χ3n) is 4.42. The lowest BCUT2D eigenvalue weighted by atomic mass is 10.1. The van der Waals surface area contributed by atoms with E-state index in [1.54, 1.807) is 7.05 Å². The Bertz CT molecular complexity index is 790. The number of aliphatic imine (C=N–C) groups is 1. The van der Waals surface area contributed by atoms with Gasteiger partial charge in [0.15, 0.2) is 17.5 Å². The van der Waals surface area contributed by atoms with Crippen molar-refractivity contribution in [3.63, 3.8) is 0 Å². The van der Waals surface area contributed by atoms with E-state index in [-0.39, 0.29) is 0 Å². The molecule has 1 heterocycles. The summed E-state index contributed by atoms with van der Waals surface area (Å²) in [6, 6.07) is 14.6. The molecule has 144 valence electrons. The maximum absolute atomic E-state index is 5.43. The summed E-state index contributed by atoms with van der Waals surface area (Å²) in [5, 5.41) is 6.78. The van der Waals surface area contributed by atoms with Crippen LogP contribution in [0.4, 0.5) is 0 Å². The van der Waals surface area contributed by atoms with Gasteiger partial charge in [0.25, 0.3) is 0 Å². The van der Waals surface area contributed by atoms with Crippen LogP contribution in [0.25, 0.3) is 0 Å². The van der Waals surface area contributed by atoms with Crippen LogP contribution in [0.2, 0.25) is 0 Å². The quantitative estimate of drug-likeness (QED) is 0.581. The molecule has 2 aromatic rings. The minimum atomic E-state index is 0.308. The Hall–Kier alpha value is -2.73. The molecular weight excluding hydrogens is 340 g/mol. The van der Waals surface area contributed by atoms with Gasteiger partial charge in [-0.25, -0.2) is 0 Å². The Morgan fingerprint density at radius 1 is 1.04 bits per heavy atom. The molecule has 0 saturated heterocycles. The molecule has 1 aliphatic rings. The fourth-order valence-corrected chi connectivity index (χ4v) is 3.05. The number of rotatable bonds is 7. The van der Waals surface area contributed by atoms with Crippen LogP contribution in [-0.4, -0.2) is 45.3 Å². The Labute approximate surface area is 161 Å². The van der Waals surface area contributed by atoms with Gasteiger partial charge in [-0.15, -0.1) is 0 Å². The van der Waals surface area contributed by atoms with Gasteiger partial charge in [-0.1, -0.05) is 30.3 Å². The largest absolute Gasteiger partial charge is 0.454 e. The van der Waals surface area contributed by atoms with E-state index in [1.807, 2.05) is 12.1 Å². The van der Waals surface area contributed by atoms with E-state index in [1.165, 1.54) is 16.7 Å². The molecule has 0 saturated carbocycles. The van der Waals surface area contributed by atoms with Crippen LogP contribution in [0.3, 0.4) is 0 Å². The fourth-order valence-electron chi connectivity index (χ4n) is 3.05. The second kappa shape index (κ2) is 9.28. The second-order valence-corrected chi connectivity index (χ2v) is 6.80. The van der Waals surface area contributed by atoms with E-state index in [2.05, 4.69) is 65.0 Å². The van der Waals surface area contributed by atoms with Gasteiger partial charge in [-0.2, -0.15) is 0 Å². The summed E-state index contributed by atoms with van der Waals surface area (Å²) < 4.78 is 10.8. The molecule has 0 radical (unpaired) electrons. The van der Waals surface area contributed by atoms with Gasteiger partial charge < -0.3 is 25.0 Å². The molecule has 3 rings (SSSR count). The highest BCUT2D eigenvalue weighted by Crippen LogP contribution is 2.32. The zero-order valence-corrected chi connectivity index (χ0v) is 16.3. The Morgan fingerprint density at radius 2 is 1.81 bits per heavy atom. The highest BCUT2D eigenvalue weighted by atomic mass is 16.7. The number of nitrogens with zero attached hydrogens (tertiary/aromatic N) is 2. The summed E-state index contributed by atoms with van der Waals surface area (Å²) in [7, 11) is 5.96. The van der Waals surface area contributed by atoms with Gasteiger partial charge in [0.1, 0.15) is 0 Å². The lowest BCUT2D eigenvalue weighted by Gasteiger charge is -2.16. The first kappa shape index (κ1) is 19.0. The van der Waals surface area contributed by atoms with Gasteiger partial charge in [0.2, 0.25) is 6.79 Å². The topological polar surface area (TPSA) is 58.1 Å². The van der Waals surface area contributed by atoms with E-state index in [4.69, 9.17) is 9.47 Å². The lowest BCUT2D eigenvalue weighted by Crippen LogP contribution is -2.38. The van der Waals surface area contributed by atoms with Crippen LogP contribution in [0.1, 0.15) is 16.7 Å². The van der Waals surface area contributed by atoms with Gasteiger partial charge in [0.05, 0.1) is 0 Å². The molecule has 0 bridgehead atoms. The molecular formula is C21H28N4O2. The molecule has 0 atom stereocenters. The maximum atomic E-state index is 5.43. The van der Waals surface area contributed by atoms with Gasteiger partial charge in [0, 0.05) is 26.7 Å². The molecule has 6 heteroatoms. The van der Waals surface area contributed by atoms with Crippen LogP contribution in [0.5, 0.6) is 11.5 Å². The van der Waals surface area contributed by atoms with Gasteiger partial charge in [-0.05, 0) is 49.3 Å². The first-order valence-electron chi connectivity index (χ1n) is 9.20. The second-order valence-electron chi connectivity index (χ2n) is 6.80.